The first-order valence-electron chi connectivity index (χ1n) is 9.02. The zero-order valence-corrected chi connectivity index (χ0v) is 14.8. The van der Waals surface area contributed by atoms with Crippen molar-refractivity contribution in [3.8, 4) is 0 Å². The van der Waals surface area contributed by atoms with E-state index in [-0.39, 0.29) is 0 Å². The van der Waals surface area contributed by atoms with Gasteiger partial charge >= 0.3 is 0 Å². The fourth-order valence-electron chi connectivity index (χ4n) is 4.29. The largest absolute Gasteiger partial charge is 0.387 e. The normalized spacial score (nSPS) is 31.3. The van der Waals surface area contributed by atoms with Crippen LogP contribution >= 0.6 is 0 Å². The lowest BCUT2D eigenvalue weighted by Gasteiger charge is -2.41. The third kappa shape index (κ3) is 3.56. The van der Waals surface area contributed by atoms with Crippen molar-refractivity contribution >= 4 is 5.69 Å². The minimum atomic E-state index is -0.591. The van der Waals surface area contributed by atoms with Crippen molar-refractivity contribution in [1.29, 1.82) is 0 Å². The minimum absolute atomic E-state index is 0.399. The van der Waals surface area contributed by atoms with Crippen molar-refractivity contribution in [3.05, 3.63) is 29.8 Å². The van der Waals surface area contributed by atoms with Gasteiger partial charge in [0.25, 0.3) is 0 Å². The van der Waals surface area contributed by atoms with Gasteiger partial charge in [-0.1, -0.05) is 26.0 Å². The number of aliphatic hydroxyl groups is 1. The van der Waals surface area contributed by atoms with Gasteiger partial charge in [-0.05, 0) is 61.1 Å². The third-order valence-corrected chi connectivity index (χ3v) is 6.02. The topological polar surface area (TPSA) is 32.7 Å². The van der Waals surface area contributed by atoms with Crippen LogP contribution in [0.4, 0.5) is 5.69 Å². The summed E-state index contributed by atoms with van der Waals surface area (Å²) >= 11 is 0. The Morgan fingerprint density at radius 3 is 2.30 bits per heavy atom. The molecule has 1 aliphatic carbocycles. The van der Waals surface area contributed by atoms with Crippen LogP contribution in [-0.2, 0) is 4.74 Å². The standard InChI is InChI=1S/C20H31NO2/c1-16(2)17-4-6-18(7-5-17)21-13-12-19(14-21)8-10-20(22,11-9-19)15-23-3/h4-7,16,22H,8-15H2,1-3H3/t19-,20+. The van der Waals surface area contributed by atoms with Gasteiger partial charge in [-0.2, -0.15) is 0 Å². The Morgan fingerprint density at radius 1 is 1.09 bits per heavy atom. The molecule has 0 radical (unpaired) electrons. The van der Waals surface area contributed by atoms with Crippen LogP contribution in [0.1, 0.15) is 57.4 Å². The van der Waals surface area contributed by atoms with E-state index < -0.39 is 5.60 Å². The first kappa shape index (κ1) is 16.8. The molecule has 2 aliphatic rings. The van der Waals surface area contributed by atoms with Crippen molar-refractivity contribution in [2.75, 3.05) is 31.7 Å². The lowest BCUT2D eigenvalue weighted by molar-refractivity contribution is -0.0766. The SMILES string of the molecule is COC[C@]1(O)CC[C@]2(CCN(c3ccc(C(C)C)cc3)C2)CC1. The molecule has 3 rings (SSSR count). The van der Waals surface area contributed by atoms with Crippen molar-refractivity contribution in [2.45, 2.75) is 57.5 Å². The first-order valence-corrected chi connectivity index (χ1v) is 9.02. The summed E-state index contributed by atoms with van der Waals surface area (Å²) in [6.07, 6.45) is 5.24. The Kier molecular flexibility index (Phi) is 4.70. The van der Waals surface area contributed by atoms with Crippen LogP contribution in [0.5, 0.6) is 0 Å². The second-order valence-corrected chi connectivity index (χ2v) is 8.08. The lowest BCUT2D eigenvalue weighted by atomic mass is 9.68. The second kappa shape index (κ2) is 6.45. The number of ether oxygens (including phenoxy) is 1. The van der Waals surface area contributed by atoms with Crippen molar-refractivity contribution < 1.29 is 9.84 Å². The molecule has 3 nitrogen and oxygen atoms in total. The van der Waals surface area contributed by atoms with Gasteiger partial charge in [0.1, 0.15) is 0 Å². The molecular weight excluding hydrogens is 286 g/mol. The fourth-order valence-corrected chi connectivity index (χ4v) is 4.29. The Hall–Kier alpha value is -1.06. The minimum Gasteiger partial charge on any atom is -0.387 e. The van der Waals surface area contributed by atoms with E-state index in [0.29, 0.717) is 17.9 Å². The molecule has 0 aromatic heterocycles. The lowest BCUT2D eigenvalue weighted by Crippen LogP contribution is -2.43. The Balaban J connectivity index is 1.62. The predicted molar refractivity (Wildman–Crippen MR) is 95.1 cm³/mol. The Labute approximate surface area is 140 Å². The number of methoxy groups -OCH3 is 1. The molecule has 1 saturated carbocycles. The summed E-state index contributed by atoms with van der Waals surface area (Å²) in [4.78, 5) is 2.53. The summed E-state index contributed by atoms with van der Waals surface area (Å²) in [6, 6.07) is 9.09. The number of anilines is 1. The van der Waals surface area contributed by atoms with Crippen molar-refractivity contribution in [2.24, 2.45) is 5.41 Å². The van der Waals surface area contributed by atoms with Crippen LogP contribution in [0.15, 0.2) is 24.3 Å². The van der Waals surface area contributed by atoms with E-state index in [0.717, 1.165) is 38.8 Å². The molecule has 1 saturated heterocycles. The molecule has 0 atom stereocenters. The van der Waals surface area contributed by atoms with Gasteiger partial charge in [0.15, 0.2) is 0 Å². The van der Waals surface area contributed by atoms with E-state index in [4.69, 9.17) is 4.74 Å². The van der Waals surface area contributed by atoms with Gasteiger partial charge in [0, 0.05) is 25.9 Å². The number of benzene rings is 1. The molecule has 0 bridgehead atoms. The van der Waals surface area contributed by atoms with Gasteiger partial charge in [-0.25, -0.2) is 0 Å². The first-order chi connectivity index (χ1) is 11.0. The predicted octanol–water partition coefficient (Wildman–Crippen LogP) is 3.96. The molecule has 128 valence electrons. The second-order valence-electron chi connectivity index (χ2n) is 8.08. The number of hydrogen-bond donors (Lipinski definition) is 1. The molecular formula is C20H31NO2. The molecule has 2 fully saturated rings. The average molecular weight is 317 g/mol. The summed E-state index contributed by atoms with van der Waals surface area (Å²) in [5.41, 5.74) is 2.57. The monoisotopic (exact) mass is 317 g/mol. The maximum Gasteiger partial charge on any atom is 0.0880 e. The molecule has 23 heavy (non-hydrogen) atoms. The summed E-state index contributed by atoms with van der Waals surface area (Å²) in [5.74, 6) is 0.589. The van der Waals surface area contributed by atoms with Gasteiger partial charge in [-0.3, -0.25) is 0 Å². The highest BCUT2D eigenvalue weighted by atomic mass is 16.5. The van der Waals surface area contributed by atoms with E-state index in [2.05, 4.69) is 43.0 Å². The highest BCUT2D eigenvalue weighted by Gasteiger charge is 2.45. The van der Waals surface area contributed by atoms with Crippen LogP contribution in [0.3, 0.4) is 0 Å². The highest BCUT2D eigenvalue weighted by molar-refractivity contribution is 5.49. The third-order valence-electron chi connectivity index (χ3n) is 6.02. The van der Waals surface area contributed by atoms with E-state index >= 15 is 0 Å². The van der Waals surface area contributed by atoms with Crippen LogP contribution < -0.4 is 4.90 Å². The smallest absolute Gasteiger partial charge is 0.0880 e. The van der Waals surface area contributed by atoms with Gasteiger partial charge in [0.2, 0.25) is 0 Å². The zero-order chi connectivity index (χ0) is 16.5. The molecule has 3 heteroatoms. The summed E-state index contributed by atoms with van der Waals surface area (Å²) in [6.45, 7) is 7.23. The van der Waals surface area contributed by atoms with E-state index in [1.165, 1.54) is 17.7 Å². The molecule has 1 spiro atoms. The molecule has 1 aliphatic heterocycles. The molecule has 1 heterocycles. The molecule has 1 aromatic carbocycles. The zero-order valence-electron chi connectivity index (χ0n) is 14.8. The number of hydrogen-bond acceptors (Lipinski definition) is 3. The quantitative estimate of drug-likeness (QED) is 0.912. The average Bonchev–Trinajstić information content (AvgIpc) is 2.96. The Morgan fingerprint density at radius 2 is 1.74 bits per heavy atom. The maximum absolute atomic E-state index is 10.5. The molecule has 1 aromatic rings. The van der Waals surface area contributed by atoms with Gasteiger partial charge in [0.05, 0.1) is 12.2 Å². The van der Waals surface area contributed by atoms with Crippen LogP contribution in [0, 0.1) is 5.41 Å². The number of rotatable bonds is 4. The van der Waals surface area contributed by atoms with E-state index in [1.807, 2.05) is 0 Å². The highest BCUT2D eigenvalue weighted by Crippen LogP contribution is 2.47. The van der Waals surface area contributed by atoms with E-state index in [9.17, 15) is 5.11 Å². The summed E-state index contributed by atoms with van der Waals surface area (Å²) < 4.78 is 5.20. The van der Waals surface area contributed by atoms with Crippen LogP contribution in [-0.4, -0.2) is 37.5 Å². The molecule has 0 amide bonds. The maximum atomic E-state index is 10.5. The van der Waals surface area contributed by atoms with Gasteiger partial charge in [-0.15, -0.1) is 0 Å². The molecule has 0 unspecified atom stereocenters. The van der Waals surface area contributed by atoms with E-state index in [1.54, 1.807) is 7.11 Å². The van der Waals surface area contributed by atoms with Crippen LogP contribution in [0.2, 0.25) is 0 Å². The van der Waals surface area contributed by atoms with Crippen molar-refractivity contribution in [3.63, 3.8) is 0 Å². The van der Waals surface area contributed by atoms with Gasteiger partial charge < -0.3 is 14.7 Å². The Bertz CT molecular complexity index is 515. The summed E-state index contributed by atoms with van der Waals surface area (Å²) in [5, 5.41) is 10.5. The fraction of sp³-hybridized carbons (Fsp3) is 0.700. The van der Waals surface area contributed by atoms with Crippen LogP contribution in [0.25, 0.3) is 0 Å². The molecule has 1 N–H and O–H groups in total. The van der Waals surface area contributed by atoms with Crippen molar-refractivity contribution in [1.82, 2.24) is 0 Å². The number of nitrogens with zero attached hydrogens (tertiary/aromatic N) is 1. The summed E-state index contributed by atoms with van der Waals surface area (Å²) in [7, 11) is 1.68.